The molecule has 2 heteroatoms. The van der Waals surface area contributed by atoms with E-state index in [0.717, 1.165) is 18.1 Å². The smallest absolute Gasteiger partial charge is 0.0218 e. The Hall–Kier alpha value is -0.0800. The average Bonchev–Trinajstić information content (AvgIpc) is 3.16. The first-order valence-corrected chi connectivity index (χ1v) is 7.76. The van der Waals surface area contributed by atoms with Crippen LogP contribution >= 0.6 is 0 Å². The first kappa shape index (κ1) is 13.4. The van der Waals surface area contributed by atoms with Crippen LogP contribution < -0.4 is 5.32 Å². The summed E-state index contributed by atoms with van der Waals surface area (Å²) in [5, 5.41) is 3.70. The normalized spacial score (nSPS) is 24.9. The zero-order valence-electron chi connectivity index (χ0n) is 11.8. The molecule has 0 aromatic carbocycles. The van der Waals surface area contributed by atoms with Gasteiger partial charge in [-0.3, -0.25) is 4.90 Å². The van der Waals surface area contributed by atoms with Crippen LogP contribution in [0.5, 0.6) is 0 Å². The van der Waals surface area contributed by atoms with Gasteiger partial charge in [0.25, 0.3) is 0 Å². The summed E-state index contributed by atoms with van der Waals surface area (Å²) >= 11 is 0. The Morgan fingerprint density at radius 3 is 2.24 bits per heavy atom. The predicted octanol–water partition coefficient (Wildman–Crippen LogP) is 3.17. The molecule has 0 spiro atoms. The van der Waals surface area contributed by atoms with Crippen molar-refractivity contribution in [3.63, 3.8) is 0 Å². The first-order valence-electron chi connectivity index (χ1n) is 7.76. The van der Waals surface area contributed by atoms with Gasteiger partial charge in [-0.05, 0) is 39.2 Å². The number of hydrogen-bond acceptors (Lipinski definition) is 2. The zero-order chi connectivity index (χ0) is 12.1. The van der Waals surface area contributed by atoms with Gasteiger partial charge in [-0.25, -0.2) is 0 Å². The summed E-state index contributed by atoms with van der Waals surface area (Å²) in [6.45, 7) is 3.54. The van der Waals surface area contributed by atoms with Crippen molar-refractivity contribution >= 4 is 0 Å². The highest BCUT2D eigenvalue weighted by atomic mass is 15.2. The number of rotatable bonds is 6. The summed E-state index contributed by atoms with van der Waals surface area (Å²) in [6.07, 6.45) is 12.8. The van der Waals surface area contributed by atoms with E-state index >= 15 is 0 Å². The van der Waals surface area contributed by atoms with Gasteiger partial charge in [-0.1, -0.05) is 32.6 Å². The van der Waals surface area contributed by atoms with Crippen molar-refractivity contribution in [3.05, 3.63) is 0 Å². The van der Waals surface area contributed by atoms with Gasteiger partial charge < -0.3 is 5.32 Å². The molecule has 0 amide bonds. The van der Waals surface area contributed by atoms with Crippen LogP contribution in [0.2, 0.25) is 0 Å². The standard InChI is InChI=1S/C15H30N2/c1-3-14(12-16-13-10-11-13)17(2)15-8-6-4-5-7-9-15/h13-16H,3-12H2,1-2H3. The first-order chi connectivity index (χ1) is 8.31. The lowest BCUT2D eigenvalue weighted by Crippen LogP contribution is -2.45. The van der Waals surface area contributed by atoms with E-state index in [1.54, 1.807) is 0 Å². The maximum absolute atomic E-state index is 3.70. The monoisotopic (exact) mass is 238 g/mol. The van der Waals surface area contributed by atoms with Crippen LogP contribution in [0.25, 0.3) is 0 Å². The van der Waals surface area contributed by atoms with Crippen LogP contribution in [-0.4, -0.2) is 36.6 Å². The quantitative estimate of drug-likeness (QED) is 0.715. The summed E-state index contributed by atoms with van der Waals surface area (Å²) in [7, 11) is 2.36. The maximum atomic E-state index is 3.70. The third-order valence-corrected chi connectivity index (χ3v) is 4.67. The van der Waals surface area contributed by atoms with Gasteiger partial charge in [0.15, 0.2) is 0 Å². The second-order valence-electron chi connectivity index (χ2n) is 6.06. The number of nitrogens with zero attached hydrogens (tertiary/aromatic N) is 1. The Morgan fingerprint density at radius 1 is 1.06 bits per heavy atom. The summed E-state index contributed by atoms with van der Waals surface area (Å²) in [5.74, 6) is 0. The van der Waals surface area contributed by atoms with Gasteiger partial charge in [0.1, 0.15) is 0 Å². The minimum absolute atomic E-state index is 0.749. The molecule has 2 aliphatic rings. The largest absolute Gasteiger partial charge is 0.312 e. The molecule has 0 saturated heterocycles. The number of likely N-dealkylation sites (N-methyl/N-ethyl adjacent to an activating group) is 1. The van der Waals surface area contributed by atoms with Gasteiger partial charge in [-0.2, -0.15) is 0 Å². The summed E-state index contributed by atoms with van der Waals surface area (Å²) in [4.78, 5) is 2.68. The molecular formula is C15H30N2. The van der Waals surface area contributed by atoms with E-state index < -0.39 is 0 Å². The van der Waals surface area contributed by atoms with E-state index in [0.29, 0.717) is 0 Å². The van der Waals surface area contributed by atoms with E-state index in [-0.39, 0.29) is 0 Å². The van der Waals surface area contributed by atoms with Gasteiger partial charge in [0.2, 0.25) is 0 Å². The summed E-state index contributed by atoms with van der Waals surface area (Å²) in [6, 6.07) is 2.45. The average molecular weight is 238 g/mol. The van der Waals surface area contributed by atoms with Gasteiger partial charge in [0, 0.05) is 24.7 Å². The van der Waals surface area contributed by atoms with Gasteiger partial charge in [0.05, 0.1) is 0 Å². The topological polar surface area (TPSA) is 15.3 Å². The van der Waals surface area contributed by atoms with Crippen molar-refractivity contribution in [1.82, 2.24) is 10.2 Å². The molecule has 0 aromatic rings. The van der Waals surface area contributed by atoms with Crippen LogP contribution in [0.15, 0.2) is 0 Å². The Labute approximate surface area is 107 Å². The molecule has 1 atom stereocenters. The number of nitrogens with one attached hydrogen (secondary N) is 1. The SMILES string of the molecule is CCC(CNC1CC1)N(C)C1CCCCCC1. The summed E-state index contributed by atoms with van der Waals surface area (Å²) in [5.41, 5.74) is 0. The Morgan fingerprint density at radius 2 is 1.71 bits per heavy atom. The van der Waals surface area contributed by atoms with Crippen molar-refractivity contribution in [2.75, 3.05) is 13.6 Å². The Balaban J connectivity index is 1.78. The van der Waals surface area contributed by atoms with Crippen LogP contribution in [0.4, 0.5) is 0 Å². The third kappa shape index (κ3) is 4.26. The number of hydrogen-bond donors (Lipinski definition) is 1. The fourth-order valence-corrected chi connectivity index (χ4v) is 3.13. The van der Waals surface area contributed by atoms with Crippen LogP contribution in [-0.2, 0) is 0 Å². The molecule has 100 valence electrons. The van der Waals surface area contributed by atoms with E-state index in [4.69, 9.17) is 0 Å². The Kier molecular flexibility index (Phi) is 5.30. The zero-order valence-corrected chi connectivity index (χ0v) is 11.8. The van der Waals surface area contributed by atoms with Crippen LogP contribution in [0.3, 0.4) is 0 Å². The molecule has 2 aliphatic carbocycles. The second kappa shape index (κ2) is 6.75. The molecular weight excluding hydrogens is 208 g/mol. The minimum Gasteiger partial charge on any atom is -0.312 e. The molecule has 0 heterocycles. The molecule has 2 nitrogen and oxygen atoms in total. The molecule has 1 N–H and O–H groups in total. The van der Waals surface area contributed by atoms with Crippen molar-refractivity contribution < 1.29 is 0 Å². The van der Waals surface area contributed by atoms with Crippen molar-refractivity contribution in [2.45, 2.75) is 82.8 Å². The fraction of sp³-hybridized carbons (Fsp3) is 1.00. The second-order valence-corrected chi connectivity index (χ2v) is 6.06. The predicted molar refractivity (Wildman–Crippen MR) is 74.4 cm³/mol. The molecule has 2 fully saturated rings. The molecule has 1 unspecified atom stereocenters. The van der Waals surface area contributed by atoms with Crippen LogP contribution in [0.1, 0.15) is 64.7 Å². The molecule has 0 aromatic heterocycles. The van der Waals surface area contributed by atoms with Crippen molar-refractivity contribution in [3.8, 4) is 0 Å². The third-order valence-electron chi connectivity index (χ3n) is 4.67. The highest BCUT2D eigenvalue weighted by Gasteiger charge is 2.25. The molecule has 0 bridgehead atoms. The molecule has 2 rings (SSSR count). The highest BCUT2D eigenvalue weighted by Crippen LogP contribution is 2.24. The van der Waals surface area contributed by atoms with Crippen molar-refractivity contribution in [1.29, 1.82) is 0 Å². The molecule has 17 heavy (non-hydrogen) atoms. The van der Waals surface area contributed by atoms with E-state index in [1.807, 2.05) is 0 Å². The van der Waals surface area contributed by atoms with Gasteiger partial charge in [-0.15, -0.1) is 0 Å². The van der Waals surface area contributed by atoms with E-state index in [9.17, 15) is 0 Å². The van der Waals surface area contributed by atoms with Crippen molar-refractivity contribution in [2.24, 2.45) is 0 Å². The lowest BCUT2D eigenvalue weighted by molar-refractivity contribution is 0.150. The lowest BCUT2D eigenvalue weighted by Gasteiger charge is -2.34. The molecule has 0 radical (unpaired) electrons. The van der Waals surface area contributed by atoms with Crippen LogP contribution in [0, 0.1) is 0 Å². The van der Waals surface area contributed by atoms with E-state index in [2.05, 4.69) is 24.2 Å². The lowest BCUT2D eigenvalue weighted by atomic mass is 10.0. The fourth-order valence-electron chi connectivity index (χ4n) is 3.13. The van der Waals surface area contributed by atoms with Gasteiger partial charge >= 0.3 is 0 Å². The highest BCUT2D eigenvalue weighted by molar-refractivity contribution is 4.85. The molecule has 0 aliphatic heterocycles. The van der Waals surface area contributed by atoms with E-state index in [1.165, 1.54) is 64.3 Å². The molecule has 2 saturated carbocycles. The summed E-state index contributed by atoms with van der Waals surface area (Å²) < 4.78 is 0. The maximum Gasteiger partial charge on any atom is 0.0218 e. The Bertz CT molecular complexity index is 205. The minimum atomic E-state index is 0.749.